The Morgan fingerprint density at radius 1 is 1.56 bits per heavy atom. The van der Waals surface area contributed by atoms with Crippen molar-refractivity contribution >= 4 is 39.5 Å². The van der Waals surface area contributed by atoms with Crippen molar-refractivity contribution in [2.45, 2.75) is 29.9 Å². The molecule has 2 rings (SSSR count). The zero-order valence-electron chi connectivity index (χ0n) is 10.5. The number of halogens is 1. The molecule has 3 atom stereocenters. The number of nitrogens with one attached hydrogen (secondary N) is 1. The lowest BCUT2D eigenvalue weighted by Crippen LogP contribution is -2.42. The third kappa shape index (κ3) is 2.87. The second-order valence-electron chi connectivity index (χ2n) is 4.19. The summed E-state index contributed by atoms with van der Waals surface area (Å²) in [5.41, 5.74) is 3.98. The van der Waals surface area contributed by atoms with E-state index in [4.69, 9.17) is 5.84 Å². The van der Waals surface area contributed by atoms with E-state index < -0.39 is 0 Å². The fourth-order valence-corrected chi connectivity index (χ4v) is 6.02. The van der Waals surface area contributed by atoms with Crippen LogP contribution in [0.5, 0.6) is 0 Å². The van der Waals surface area contributed by atoms with Crippen molar-refractivity contribution in [1.82, 2.24) is 20.4 Å². The normalized spacial score (nSPS) is 26.2. The van der Waals surface area contributed by atoms with E-state index in [0.29, 0.717) is 10.5 Å². The summed E-state index contributed by atoms with van der Waals surface area (Å²) in [6.07, 6.45) is 1.16. The van der Waals surface area contributed by atoms with Gasteiger partial charge in [-0.25, -0.2) is 4.68 Å². The number of hydrogen-bond acceptors (Lipinski definition) is 6. The van der Waals surface area contributed by atoms with E-state index in [1.54, 1.807) is 4.68 Å². The Bertz CT molecular complexity index is 380. The lowest BCUT2D eigenvalue weighted by Gasteiger charge is -2.35. The van der Waals surface area contributed by atoms with Crippen LogP contribution in [0.25, 0.3) is 0 Å². The van der Waals surface area contributed by atoms with Crippen LogP contribution in [-0.4, -0.2) is 37.0 Å². The maximum Gasteiger partial charge on any atom is 0.153 e. The number of hydrazine groups is 1. The van der Waals surface area contributed by atoms with E-state index in [0.717, 1.165) is 16.7 Å². The fraction of sp³-hybridized carbons (Fsp3) is 0.800. The van der Waals surface area contributed by atoms with Gasteiger partial charge in [0.05, 0.1) is 11.7 Å². The molecule has 1 aromatic rings. The van der Waals surface area contributed by atoms with Gasteiger partial charge in [0.2, 0.25) is 0 Å². The molecule has 0 aliphatic carbocycles. The summed E-state index contributed by atoms with van der Waals surface area (Å²) >= 11 is 7.49. The summed E-state index contributed by atoms with van der Waals surface area (Å²) in [5, 5.41) is 9.16. The Hall–Kier alpha value is 0.240. The van der Waals surface area contributed by atoms with Crippen LogP contribution in [0.1, 0.15) is 25.1 Å². The second kappa shape index (κ2) is 6.60. The van der Waals surface area contributed by atoms with Gasteiger partial charge in [0.25, 0.3) is 0 Å². The molecule has 1 saturated heterocycles. The van der Waals surface area contributed by atoms with Crippen LogP contribution in [0.3, 0.4) is 0 Å². The molecule has 0 spiro atoms. The van der Waals surface area contributed by atoms with Gasteiger partial charge in [-0.2, -0.15) is 23.5 Å². The van der Waals surface area contributed by atoms with Gasteiger partial charge in [0.1, 0.15) is 0 Å². The molecule has 0 aromatic carbocycles. The Labute approximate surface area is 124 Å². The van der Waals surface area contributed by atoms with Gasteiger partial charge in [-0.05, 0) is 22.4 Å². The Kier molecular flexibility index (Phi) is 5.37. The number of hydrogen-bond donors (Lipinski definition) is 2. The highest BCUT2D eigenvalue weighted by molar-refractivity contribution is 9.10. The van der Waals surface area contributed by atoms with Gasteiger partial charge in [-0.1, -0.05) is 12.1 Å². The molecule has 18 heavy (non-hydrogen) atoms. The summed E-state index contributed by atoms with van der Waals surface area (Å²) in [6.45, 7) is 2.24. The minimum Gasteiger partial charge on any atom is -0.271 e. The van der Waals surface area contributed by atoms with Gasteiger partial charge in [0.15, 0.2) is 4.60 Å². The quantitative estimate of drug-likeness (QED) is 0.635. The Balaban J connectivity index is 2.27. The summed E-state index contributed by atoms with van der Waals surface area (Å²) < 4.78 is 2.57. The highest BCUT2D eigenvalue weighted by Gasteiger charge is 2.35. The number of rotatable bonds is 4. The molecule has 0 radical (unpaired) electrons. The molecule has 0 saturated carbocycles. The summed E-state index contributed by atoms with van der Waals surface area (Å²) in [6, 6.07) is 0.0714. The van der Waals surface area contributed by atoms with Crippen molar-refractivity contribution in [3.8, 4) is 0 Å². The number of aromatic nitrogens is 3. The topological polar surface area (TPSA) is 68.8 Å². The van der Waals surface area contributed by atoms with Crippen LogP contribution in [0.4, 0.5) is 0 Å². The molecule has 1 fully saturated rings. The molecule has 3 unspecified atom stereocenters. The van der Waals surface area contributed by atoms with E-state index in [1.165, 1.54) is 11.5 Å². The molecule has 1 aromatic heterocycles. The molecular formula is C10H18BrN5S2. The molecule has 102 valence electrons. The lowest BCUT2D eigenvalue weighted by molar-refractivity contribution is 0.478. The molecule has 2 heterocycles. The fourth-order valence-electron chi connectivity index (χ4n) is 2.25. The monoisotopic (exact) mass is 351 g/mol. The maximum absolute atomic E-state index is 5.79. The third-order valence-electron chi connectivity index (χ3n) is 3.12. The lowest BCUT2D eigenvalue weighted by atomic mass is 10.1. The minimum atomic E-state index is 0.0714. The predicted octanol–water partition coefficient (Wildman–Crippen LogP) is 1.71. The summed E-state index contributed by atoms with van der Waals surface area (Å²) in [7, 11) is 1.90. The van der Waals surface area contributed by atoms with Crippen LogP contribution in [-0.2, 0) is 7.05 Å². The first-order valence-electron chi connectivity index (χ1n) is 5.93. The average Bonchev–Trinajstić information content (AvgIpc) is 2.72. The standard InChI is InChI=1S/C10H18BrN5S2/c1-3-6-9(18-5-4-17-6)7(13-12)8-10(11)14-15-16(8)2/h6-7,9,13H,3-5,12H2,1-2H3. The van der Waals surface area contributed by atoms with E-state index in [2.05, 4.69) is 38.6 Å². The van der Waals surface area contributed by atoms with Crippen LogP contribution in [0.15, 0.2) is 4.60 Å². The zero-order chi connectivity index (χ0) is 13.1. The summed E-state index contributed by atoms with van der Waals surface area (Å²) in [5.74, 6) is 8.18. The van der Waals surface area contributed by atoms with Gasteiger partial charge < -0.3 is 0 Å². The highest BCUT2D eigenvalue weighted by Crippen LogP contribution is 2.40. The molecule has 8 heteroatoms. The third-order valence-corrected chi connectivity index (χ3v) is 7.04. The van der Waals surface area contributed by atoms with Crippen molar-refractivity contribution in [2.75, 3.05) is 11.5 Å². The Morgan fingerprint density at radius 3 is 2.83 bits per heavy atom. The van der Waals surface area contributed by atoms with Crippen LogP contribution >= 0.6 is 39.5 Å². The Morgan fingerprint density at radius 2 is 2.28 bits per heavy atom. The first-order valence-corrected chi connectivity index (χ1v) is 8.82. The first kappa shape index (κ1) is 14.6. The number of nitrogens with two attached hydrogens (primary N) is 1. The molecule has 0 amide bonds. The van der Waals surface area contributed by atoms with Gasteiger partial charge >= 0.3 is 0 Å². The number of thioether (sulfide) groups is 2. The molecular weight excluding hydrogens is 334 g/mol. The molecule has 1 aliphatic rings. The van der Waals surface area contributed by atoms with Crippen LogP contribution < -0.4 is 11.3 Å². The first-order chi connectivity index (χ1) is 8.69. The van der Waals surface area contributed by atoms with Crippen molar-refractivity contribution in [1.29, 1.82) is 0 Å². The highest BCUT2D eigenvalue weighted by atomic mass is 79.9. The van der Waals surface area contributed by atoms with Crippen molar-refractivity contribution < 1.29 is 0 Å². The summed E-state index contributed by atoms with van der Waals surface area (Å²) in [4.78, 5) is 0. The minimum absolute atomic E-state index is 0.0714. The van der Waals surface area contributed by atoms with E-state index in [1.807, 2.05) is 30.6 Å². The van der Waals surface area contributed by atoms with Gasteiger partial charge in [-0.3, -0.25) is 11.3 Å². The van der Waals surface area contributed by atoms with Gasteiger partial charge in [-0.15, -0.1) is 5.10 Å². The van der Waals surface area contributed by atoms with E-state index >= 15 is 0 Å². The second-order valence-corrected chi connectivity index (χ2v) is 7.57. The average molecular weight is 352 g/mol. The zero-order valence-corrected chi connectivity index (χ0v) is 13.7. The molecule has 1 aliphatic heterocycles. The molecule has 5 nitrogen and oxygen atoms in total. The molecule has 0 bridgehead atoms. The largest absolute Gasteiger partial charge is 0.271 e. The van der Waals surface area contributed by atoms with E-state index in [-0.39, 0.29) is 6.04 Å². The van der Waals surface area contributed by atoms with Crippen LogP contribution in [0, 0.1) is 0 Å². The van der Waals surface area contributed by atoms with Gasteiger partial charge in [0, 0.05) is 29.1 Å². The predicted molar refractivity (Wildman–Crippen MR) is 81.6 cm³/mol. The smallest absolute Gasteiger partial charge is 0.153 e. The molecule has 3 N–H and O–H groups in total. The maximum atomic E-state index is 5.79. The van der Waals surface area contributed by atoms with Crippen LogP contribution in [0.2, 0.25) is 0 Å². The SMILES string of the molecule is CCC1SCCSC1C(NN)c1c(Br)nnn1C. The van der Waals surface area contributed by atoms with Crippen molar-refractivity contribution in [3.63, 3.8) is 0 Å². The van der Waals surface area contributed by atoms with Crippen molar-refractivity contribution in [3.05, 3.63) is 10.3 Å². The number of nitrogens with zero attached hydrogens (tertiary/aromatic N) is 3. The number of aryl methyl sites for hydroxylation is 1. The van der Waals surface area contributed by atoms with Crippen molar-refractivity contribution in [2.24, 2.45) is 12.9 Å². The van der Waals surface area contributed by atoms with E-state index in [9.17, 15) is 0 Å².